The van der Waals surface area contributed by atoms with E-state index < -0.39 is 0 Å². The van der Waals surface area contributed by atoms with E-state index in [1.807, 2.05) is 0 Å². The zero-order valence-electron chi connectivity index (χ0n) is 9.66. The molecular formula is C12H19N3. The zero-order chi connectivity index (χ0) is 11.1. The third-order valence-corrected chi connectivity index (χ3v) is 2.35. The van der Waals surface area contributed by atoms with Crippen molar-refractivity contribution in [3.8, 4) is 6.07 Å². The first kappa shape index (κ1) is 11.8. The van der Waals surface area contributed by atoms with Gasteiger partial charge in [-0.1, -0.05) is 20.3 Å². The molecule has 3 heteroatoms. The molecule has 82 valence electrons. The third-order valence-electron chi connectivity index (χ3n) is 2.35. The van der Waals surface area contributed by atoms with Crippen LogP contribution >= 0.6 is 0 Å². The standard InChI is InChI=1S/C12H19N3/c1-3-6-11-10-15(9-5-8-13)12(14-11)7-4-2/h10H,3-7,9H2,1-2H3. The second-order valence-electron chi connectivity index (χ2n) is 3.75. The Morgan fingerprint density at radius 1 is 1.33 bits per heavy atom. The molecule has 15 heavy (non-hydrogen) atoms. The van der Waals surface area contributed by atoms with Crippen LogP contribution in [0.4, 0.5) is 0 Å². The van der Waals surface area contributed by atoms with Crippen molar-refractivity contribution < 1.29 is 0 Å². The summed E-state index contributed by atoms with van der Waals surface area (Å²) in [7, 11) is 0. The van der Waals surface area contributed by atoms with Gasteiger partial charge < -0.3 is 4.57 Å². The summed E-state index contributed by atoms with van der Waals surface area (Å²) in [6.45, 7) is 5.10. The summed E-state index contributed by atoms with van der Waals surface area (Å²) >= 11 is 0. The Morgan fingerprint density at radius 2 is 2.07 bits per heavy atom. The number of nitriles is 1. The Bertz CT molecular complexity index is 333. The Morgan fingerprint density at radius 3 is 2.67 bits per heavy atom. The second kappa shape index (κ2) is 6.23. The van der Waals surface area contributed by atoms with Crippen LogP contribution in [0.25, 0.3) is 0 Å². The molecule has 0 saturated heterocycles. The van der Waals surface area contributed by atoms with Crippen LogP contribution in [0.5, 0.6) is 0 Å². The van der Waals surface area contributed by atoms with Gasteiger partial charge in [0.15, 0.2) is 0 Å². The molecule has 0 fully saturated rings. The van der Waals surface area contributed by atoms with Gasteiger partial charge in [0.1, 0.15) is 5.82 Å². The number of nitrogens with zero attached hydrogens (tertiary/aromatic N) is 3. The average molecular weight is 205 g/mol. The van der Waals surface area contributed by atoms with Gasteiger partial charge in [-0.25, -0.2) is 4.98 Å². The van der Waals surface area contributed by atoms with E-state index in [4.69, 9.17) is 5.26 Å². The van der Waals surface area contributed by atoms with Crippen LogP contribution in [0.2, 0.25) is 0 Å². The minimum Gasteiger partial charge on any atom is -0.334 e. The van der Waals surface area contributed by atoms with Gasteiger partial charge in [-0.05, 0) is 12.8 Å². The molecule has 0 aliphatic heterocycles. The first-order valence-corrected chi connectivity index (χ1v) is 5.73. The minimum absolute atomic E-state index is 0.568. The topological polar surface area (TPSA) is 41.6 Å². The molecule has 1 aromatic heterocycles. The fourth-order valence-corrected chi connectivity index (χ4v) is 1.68. The van der Waals surface area contributed by atoms with Crippen LogP contribution in [-0.2, 0) is 19.4 Å². The van der Waals surface area contributed by atoms with Crippen molar-refractivity contribution in [2.75, 3.05) is 0 Å². The van der Waals surface area contributed by atoms with Crippen LogP contribution < -0.4 is 0 Å². The molecule has 0 aliphatic rings. The number of hydrogen-bond donors (Lipinski definition) is 0. The van der Waals surface area contributed by atoms with E-state index in [1.165, 1.54) is 5.69 Å². The molecule has 0 aromatic carbocycles. The van der Waals surface area contributed by atoms with Crippen molar-refractivity contribution >= 4 is 0 Å². The lowest BCUT2D eigenvalue weighted by Crippen LogP contribution is -2.02. The fraction of sp³-hybridized carbons (Fsp3) is 0.667. The van der Waals surface area contributed by atoms with Crippen LogP contribution in [0.1, 0.15) is 44.6 Å². The van der Waals surface area contributed by atoms with Crippen molar-refractivity contribution in [2.45, 2.75) is 52.5 Å². The maximum absolute atomic E-state index is 8.57. The van der Waals surface area contributed by atoms with Crippen LogP contribution in [0.15, 0.2) is 6.20 Å². The lowest BCUT2D eigenvalue weighted by molar-refractivity contribution is 0.655. The van der Waals surface area contributed by atoms with E-state index in [0.29, 0.717) is 6.42 Å². The number of aromatic nitrogens is 2. The number of rotatable bonds is 6. The van der Waals surface area contributed by atoms with Crippen LogP contribution in [-0.4, -0.2) is 9.55 Å². The number of aryl methyl sites for hydroxylation is 3. The maximum Gasteiger partial charge on any atom is 0.108 e. The van der Waals surface area contributed by atoms with Gasteiger partial charge in [0, 0.05) is 19.2 Å². The molecule has 0 spiro atoms. The molecule has 1 heterocycles. The molecule has 0 amide bonds. The van der Waals surface area contributed by atoms with E-state index in [0.717, 1.165) is 38.1 Å². The lowest BCUT2D eigenvalue weighted by Gasteiger charge is -2.02. The predicted octanol–water partition coefficient (Wildman–Crippen LogP) is 2.70. The first-order valence-electron chi connectivity index (χ1n) is 5.73. The highest BCUT2D eigenvalue weighted by molar-refractivity contribution is 5.05. The summed E-state index contributed by atoms with van der Waals surface area (Å²) < 4.78 is 2.14. The van der Waals surface area contributed by atoms with Gasteiger partial charge in [-0.2, -0.15) is 5.26 Å². The van der Waals surface area contributed by atoms with Gasteiger partial charge in [0.25, 0.3) is 0 Å². The average Bonchev–Trinajstić information content (AvgIpc) is 2.59. The summed E-state index contributed by atoms with van der Waals surface area (Å²) in [5.74, 6) is 1.14. The molecule has 0 unspecified atom stereocenters. The molecule has 0 bridgehead atoms. The second-order valence-corrected chi connectivity index (χ2v) is 3.75. The summed E-state index contributed by atoms with van der Waals surface area (Å²) in [6.07, 6.45) is 6.95. The molecule has 0 saturated carbocycles. The highest BCUT2D eigenvalue weighted by atomic mass is 15.1. The van der Waals surface area contributed by atoms with E-state index in [-0.39, 0.29) is 0 Å². The van der Waals surface area contributed by atoms with Gasteiger partial charge in [0.2, 0.25) is 0 Å². The van der Waals surface area contributed by atoms with E-state index in [2.05, 4.69) is 35.7 Å². The zero-order valence-corrected chi connectivity index (χ0v) is 9.66. The smallest absolute Gasteiger partial charge is 0.108 e. The Labute approximate surface area is 91.7 Å². The number of hydrogen-bond acceptors (Lipinski definition) is 2. The van der Waals surface area contributed by atoms with Crippen LogP contribution in [0, 0.1) is 11.3 Å². The van der Waals surface area contributed by atoms with Crippen LogP contribution in [0.3, 0.4) is 0 Å². The quantitative estimate of drug-likeness (QED) is 0.716. The normalized spacial score (nSPS) is 10.2. The van der Waals surface area contributed by atoms with Gasteiger partial charge in [-0.15, -0.1) is 0 Å². The summed E-state index contributed by atoms with van der Waals surface area (Å²) in [5, 5.41) is 8.57. The molecule has 0 atom stereocenters. The summed E-state index contributed by atoms with van der Waals surface area (Å²) in [6, 6.07) is 2.18. The van der Waals surface area contributed by atoms with Crippen molar-refractivity contribution in [3.05, 3.63) is 17.7 Å². The molecular weight excluding hydrogens is 186 g/mol. The van der Waals surface area contributed by atoms with Gasteiger partial charge in [-0.3, -0.25) is 0 Å². The molecule has 1 rings (SSSR count). The first-order chi connectivity index (χ1) is 7.31. The third kappa shape index (κ3) is 3.39. The summed E-state index contributed by atoms with van der Waals surface area (Å²) in [5.41, 5.74) is 1.17. The highest BCUT2D eigenvalue weighted by Crippen LogP contribution is 2.08. The fourth-order valence-electron chi connectivity index (χ4n) is 1.68. The highest BCUT2D eigenvalue weighted by Gasteiger charge is 2.05. The van der Waals surface area contributed by atoms with Crippen molar-refractivity contribution in [3.63, 3.8) is 0 Å². The van der Waals surface area contributed by atoms with Gasteiger partial charge in [0.05, 0.1) is 18.2 Å². The van der Waals surface area contributed by atoms with E-state index in [1.54, 1.807) is 0 Å². The minimum atomic E-state index is 0.568. The molecule has 3 nitrogen and oxygen atoms in total. The predicted molar refractivity (Wildman–Crippen MR) is 60.4 cm³/mol. The van der Waals surface area contributed by atoms with E-state index in [9.17, 15) is 0 Å². The molecule has 0 N–H and O–H groups in total. The largest absolute Gasteiger partial charge is 0.334 e. The monoisotopic (exact) mass is 205 g/mol. The lowest BCUT2D eigenvalue weighted by atomic mass is 10.3. The SMILES string of the molecule is CCCc1cn(CCC#N)c(CCC)n1. The van der Waals surface area contributed by atoms with Crippen molar-refractivity contribution in [1.29, 1.82) is 5.26 Å². The van der Waals surface area contributed by atoms with Crippen molar-refractivity contribution in [2.24, 2.45) is 0 Å². The Hall–Kier alpha value is -1.30. The van der Waals surface area contributed by atoms with E-state index >= 15 is 0 Å². The molecule has 1 aromatic rings. The van der Waals surface area contributed by atoms with Gasteiger partial charge >= 0.3 is 0 Å². The molecule has 0 aliphatic carbocycles. The molecule has 0 radical (unpaired) electrons. The van der Waals surface area contributed by atoms with Crippen molar-refractivity contribution in [1.82, 2.24) is 9.55 Å². The number of imidazole rings is 1. The Balaban J connectivity index is 2.75. The Kier molecular flexibility index (Phi) is 4.89. The maximum atomic E-state index is 8.57. The summed E-state index contributed by atoms with van der Waals surface area (Å²) in [4.78, 5) is 4.60.